The molecule has 1 saturated heterocycles. The predicted molar refractivity (Wildman–Crippen MR) is 123 cm³/mol. The molecule has 2 aromatic rings. The van der Waals surface area contributed by atoms with Crippen molar-refractivity contribution >= 4 is 13.1 Å². The van der Waals surface area contributed by atoms with Gasteiger partial charge in [-0.1, -0.05) is 26.8 Å². The van der Waals surface area contributed by atoms with Gasteiger partial charge < -0.3 is 4.79 Å². The number of hydrogen-bond acceptors (Lipinski definition) is 5. The Morgan fingerprint density at radius 1 is 1.11 bits per heavy atom. The standard InChI is InChI=1S/C24H29F5N4O.CH2O/c1-23(2,3)13-33-11-8-17-19(18(12-34)31-30-17)22(33)32-9-6-14(7-10-32)15-4-5-16(25)21(26)20(15)24(27,28)29;1-2/h4-5,12,14,22H,6-11,13H2,1-3H3,(H,30,31);1H2. The number of H-pyrrole nitrogens is 1. The lowest BCUT2D eigenvalue weighted by Gasteiger charge is -2.47. The number of alkyl halides is 3. The molecule has 11 heteroatoms. The quantitative estimate of drug-likeness (QED) is 0.453. The maximum absolute atomic E-state index is 14.1. The maximum Gasteiger partial charge on any atom is 0.419 e. The molecule has 0 radical (unpaired) electrons. The highest BCUT2D eigenvalue weighted by Gasteiger charge is 2.42. The van der Waals surface area contributed by atoms with Crippen LogP contribution in [0, 0.1) is 17.0 Å². The van der Waals surface area contributed by atoms with Gasteiger partial charge in [-0.2, -0.15) is 18.3 Å². The SMILES string of the molecule is C=O.CC(C)(C)CN1CCc2[nH]nc(C=O)c2C1N1CCC(c2ccc(F)c(F)c2C(F)(F)F)CC1. The van der Waals surface area contributed by atoms with Crippen LogP contribution in [-0.4, -0.2) is 59.3 Å². The van der Waals surface area contributed by atoms with Gasteiger partial charge in [0, 0.05) is 43.9 Å². The van der Waals surface area contributed by atoms with Crippen LogP contribution in [0.3, 0.4) is 0 Å². The molecule has 6 nitrogen and oxygen atoms in total. The molecule has 2 aliphatic heterocycles. The van der Waals surface area contributed by atoms with Crippen molar-refractivity contribution in [3.8, 4) is 0 Å². The Balaban J connectivity index is 0.00000176. The smallest absolute Gasteiger partial charge is 0.307 e. The number of halogens is 5. The topological polar surface area (TPSA) is 69.3 Å². The molecule has 0 aliphatic carbocycles. The maximum atomic E-state index is 14.1. The van der Waals surface area contributed by atoms with Crippen molar-refractivity contribution in [3.63, 3.8) is 0 Å². The van der Waals surface area contributed by atoms with E-state index >= 15 is 0 Å². The number of carbonyl (C=O) groups is 2. The number of aldehydes is 1. The summed E-state index contributed by atoms with van der Waals surface area (Å²) in [5.41, 5.74) is 0.372. The molecule has 4 rings (SSSR count). The number of aromatic nitrogens is 2. The van der Waals surface area contributed by atoms with Gasteiger partial charge in [0.2, 0.25) is 0 Å². The average Bonchev–Trinajstić information content (AvgIpc) is 3.23. The monoisotopic (exact) mass is 514 g/mol. The number of nitrogens with zero attached hydrogens (tertiary/aromatic N) is 3. The fraction of sp³-hybridized carbons (Fsp3) is 0.560. The average molecular weight is 515 g/mol. The van der Waals surface area contributed by atoms with E-state index in [2.05, 4.69) is 40.8 Å². The Morgan fingerprint density at radius 2 is 1.75 bits per heavy atom. The summed E-state index contributed by atoms with van der Waals surface area (Å²) in [4.78, 5) is 24.2. The van der Waals surface area contributed by atoms with E-state index < -0.39 is 29.3 Å². The van der Waals surface area contributed by atoms with Crippen molar-refractivity contribution in [3.05, 3.63) is 51.8 Å². The molecular weight excluding hydrogens is 483 g/mol. The van der Waals surface area contributed by atoms with E-state index in [4.69, 9.17) is 4.79 Å². The van der Waals surface area contributed by atoms with E-state index in [-0.39, 0.29) is 17.1 Å². The van der Waals surface area contributed by atoms with Gasteiger partial charge in [0.1, 0.15) is 12.5 Å². The predicted octanol–water partition coefficient (Wildman–Crippen LogP) is 5.12. The van der Waals surface area contributed by atoms with Crippen LogP contribution in [0.5, 0.6) is 0 Å². The number of fused-ring (bicyclic) bond motifs is 1. The highest BCUT2D eigenvalue weighted by atomic mass is 19.4. The second kappa shape index (κ2) is 10.8. The molecule has 0 amide bonds. The molecule has 0 saturated carbocycles. The number of carbonyl (C=O) groups excluding carboxylic acids is 2. The first-order valence-corrected chi connectivity index (χ1v) is 11.7. The number of aromatic amines is 1. The third-order valence-electron chi connectivity index (χ3n) is 6.68. The Kier molecular flexibility index (Phi) is 8.34. The molecule has 1 aromatic heterocycles. The van der Waals surface area contributed by atoms with Gasteiger partial charge in [0.15, 0.2) is 17.9 Å². The summed E-state index contributed by atoms with van der Waals surface area (Å²) in [6, 6.07) is 1.83. The number of likely N-dealkylation sites (tertiary alicyclic amines) is 1. The zero-order chi connectivity index (χ0) is 26.8. The molecular formula is C25H31F5N4O2. The molecule has 3 heterocycles. The first kappa shape index (κ1) is 27.9. The van der Waals surface area contributed by atoms with Crippen LogP contribution in [0.25, 0.3) is 0 Å². The van der Waals surface area contributed by atoms with Gasteiger partial charge >= 0.3 is 6.18 Å². The molecule has 198 valence electrons. The lowest BCUT2D eigenvalue weighted by Crippen LogP contribution is -2.50. The largest absolute Gasteiger partial charge is 0.419 e. The zero-order valence-electron chi connectivity index (χ0n) is 20.6. The molecule has 1 fully saturated rings. The van der Waals surface area contributed by atoms with E-state index in [9.17, 15) is 26.7 Å². The highest BCUT2D eigenvalue weighted by molar-refractivity contribution is 5.75. The van der Waals surface area contributed by atoms with Gasteiger partial charge in [-0.25, -0.2) is 8.78 Å². The summed E-state index contributed by atoms with van der Waals surface area (Å²) < 4.78 is 68.4. The van der Waals surface area contributed by atoms with E-state index in [1.54, 1.807) is 0 Å². The minimum atomic E-state index is -4.98. The van der Waals surface area contributed by atoms with E-state index in [1.165, 1.54) is 0 Å². The summed E-state index contributed by atoms with van der Waals surface area (Å²) in [6.45, 7) is 10.8. The number of benzene rings is 1. The summed E-state index contributed by atoms with van der Waals surface area (Å²) in [6.07, 6.45) is -3.03. The molecule has 2 aliphatic rings. The van der Waals surface area contributed by atoms with Crippen LogP contribution in [0.4, 0.5) is 22.0 Å². The minimum absolute atomic E-state index is 0.00754. The van der Waals surface area contributed by atoms with Crippen LogP contribution in [-0.2, 0) is 17.4 Å². The first-order valence-electron chi connectivity index (χ1n) is 11.7. The van der Waals surface area contributed by atoms with Crippen LogP contribution in [0.1, 0.15) is 78.6 Å². The van der Waals surface area contributed by atoms with Crippen molar-refractivity contribution in [2.45, 2.75) is 58.3 Å². The van der Waals surface area contributed by atoms with Crippen molar-refractivity contribution in [2.75, 3.05) is 26.2 Å². The molecule has 1 N–H and O–H groups in total. The molecule has 36 heavy (non-hydrogen) atoms. The van der Waals surface area contributed by atoms with E-state index in [0.29, 0.717) is 31.6 Å². The third-order valence-corrected chi connectivity index (χ3v) is 6.68. The lowest BCUT2D eigenvalue weighted by molar-refractivity contribution is -0.141. The molecule has 0 spiro atoms. The van der Waals surface area contributed by atoms with Gasteiger partial charge in [0.25, 0.3) is 0 Å². The molecule has 0 bridgehead atoms. The van der Waals surface area contributed by atoms with Crippen molar-refractivity contribution in [1.29, 1.82) is 0 Å². The van der Waals surface area contributed by atoms with Crippen molar-refractivity contribution in [2.24, 2.45) is 5.41 Å². The summed E-state index contributed by atoms with van der Waals surface area (Å²) in [5, 5.41) is 7.13. The van der Waals surface area contributed by atoms with E-state index in [1.807, 2.05) is 6.79 Å². The number of nitrogens with one attached hydrogen (secondary N) is 1. The molecule has 1 unspecified atom stereocenters. The fourth-order valence-corrected chi connectivity index (χ4v) is 5.37. The fourth-order valence-electron chi connectivity index (χ4n) is 5.37. The third kappa shape index (κ3) is 5.67. The van der Waals surface area contributed by atoms with Gasteiger partial charge in [-0.15, -0.1) is 0 Å². The second-order valence-corrected chi connectivity index (χ2v) is 10.4. The minimum Gasteiger partial charge on any atom is -0.307 e. The Bertz CT molecular complexity index is 1070. The second-order valence-electron chi connectivity index (χ2n) is 10.4. The summed E-state index contributed by atoms with van der Waals surface area (Å²) in [5.74, 6) is -3.88. The van der Waals surface area contributed by atoms with E-state index in [0.717, 1.165) is 49.2 Å². The number of hydrogen-bond donors (Lipinski definition) is 1. The summed E-state index contributed by atoms with van der Waals surface area (Å²) in [7, 11) is 0. The Hall–Kier alpha value is -2.66. The van der Waals surface area contributed by atoms with Crippen LogP contribution >= 0.6 is 0 Å². The van der Waals surface area contributed by atoms with Crippen molar-refractivity contribution in [1.82, 2.24) is 20.0 Å². The first-order chi connectivity index (χ1) is 16.9. The molecule has 1 aromatic carbocycles. The van der Waals surface area contributed by atoms with Crippen LogP contribution in [0.2, 0.25) is 0 Å². The van der Waals surface area contributed by atoms with Gasteiger partial charge in [0.05, 0.1) is 11.7 Å². The van der Waals surface area contributed by atoms with Crippen LogP contribution in [0.15, 0.2) is 12.1 Å². The van der Waals surface area contributed by atoms with Gasteiger partial charge in [-0.3, -0.25) is 19.7 Å². The number of rotatable bonds is 4. The molecule has 1 atom stereocenters. The van der Waals surface area contributed by atoms with Crippen molar-refractivity contribution < 1.29 is 31.5 Å². The zero-order valence-corrected chi connectivity index (χ0v) is 20.6. The van der Waals surface area contributed by atoms with Gasteiger partial charge in [-0.05, 0) is 35.8 Å². The normalized spacial score (nSPS) is 19.9. The van der Waals surface area contributed by atoms with Crippen LogP contribution < -0.4 is 0 Å². The highest BCUT2D eigenvalue weighted by Crippen LogP contribution is 2.43. The summed E-state index contributed by atoms with van der Waals surface area (Å²) >= 11 is 0. The Morgan fingerprint density at radius 3 is 2.31 bits per heavy atom. The number of piperidine rings is 1. The Labute approximate surface area is 206 Å². The lowest BCUT2D eigenvalue weighted by atomic mass is 9.85.